The van der Waals surface area contributed by atoms with Crippen LogP contribution in [0.2, 0.25) is 0 Å². The Bertz CT molecular complexity index is 297. The molecule has 0 aromatic heterocycles. The molecule has 2 bridgehead atoms. The fraction of sp³-hybridized carbons (Fsp3) is 1.00. The first kappa shape index (κ1) is 15.2. The maximum absolute atomic E-state index is 3.79. The predicted molar refractivity (Wildman–Crippen MR) is 89.5 cm³/mol. The molecule has 0 aromatic carbocycles. The SMILES string of the molecule is CCCNC1CC2CCCC(C1)N2CC1(SC)CCC1. The smallest absolute Gasteiger partial charge is 0.0284 e. The molecule has 2 nitrogen and oxygen atoms in total. The lowest BCUT2D eigenvalue weighted by Gasteiger charge is -2.54. The van der Waals surface area contributed by atoms with Crippen LogP contribution in [-0.4, -0.2) is 47.1 Å². The zero-order valence-corrected chi connectivity index (χ0v) is 14.2. The van der Waals surface area contributed by atoms with Gasteiger partial charge in [0.25, 0.3) is 0 Å². The summed E-state index contributed by atoms with van der Waals surface area (Å²) in [4.78, 5) is 2.93. The molecule has 2 unspecified atom stereocenters. The molecule has 1 N–H and O–H groups in total. The minimum atomic E-state index is 0.623. The van der Waals surface area contributed by atoms with Gasteiger partial charge in [-0.15, -0.1) is 0 Å². The summed E-state index contributed by atoms with van der Waals surface area (Å²) in [5, 5.41) is 3.79. The molecule has 1 saturated carbocycles. The van der Waals surface area contributed by atoms with E-state index < -0.39 is 0 Å². The average molecular weight is 297 g/mol. The van der Waals surface area contributed by atoms with Crippen molar-refractivity contribution in [1.29, 1.82) is 0 Å². The zero-order valence-electron chi connectivity index (χ0n) is 13.4. The van der Waals surface area contributed by atoms with Gasteiger partial charge in [0.15, 0.2) is 0 Å². The number of fused-ring (bicyclic) bond motifs is 2. The van der Waals surface area contributed by atoms with E-state index in [0.29, 0.717) is 4.75 Å². The Morgan fingerprint density at radius 3 is 2.35 bits per heavy atom. The van der Waals surface area contributed by atoms with E-state index in [4.69, 9.17) is 0 Å². The summed E-state index contributed by atoms with van der Waals surface area (Å²) in [6.07, 6.45) is 15.2. The molecular weight excluding hydrogens is 264 g/mol. The minimum Gasteiger partial charge on any atom is -0.314 e. The Morgan fingerprint density at radius 1 is 1.15 bits per heavy atom. The molecule has 3 fully saturated rings. The van der Waals surface area contributed by atoms with Crippen molar-refractivity contribution in [3.05, 3.63) is 0 Å². The average Bonchev–Trinajstić information content (AvgIpc) is 2.40. The Labute approximate surface area is 129 Å². The highest BCUT2D eigenvalue weighted by molar-refractivity contribution is 8.00. The lowest BCUT2D eigenvalue weighted by Crippen LogP contribution is -2.60. The fourth-order valence-corrected chi connectivity index (χ4v) is 5.56. The van der Waals surface area contributed by atoms with E-state index in [-0.39, 0.29) is 0 Å². The monoisotopic (exact) mass is 296 g/mol. The van der Waals surface area contributed by atoms with Crippen molar-refractivity contribution in [2.24, 2.45) is 0 Å². The highest BCUT2D eigenvalue weighted by atomic mass is 32.2. The quantitative estimate of drug-likeness (QED) is 0.805. The van der Waals surface area contributed by atoms with Crippen LogP contribution in [0.3, 0.4) is 0 Å². The van der Waals surface area contributed by atoms with Crippen LogP contribution in [0.4, 0.5) is 0 Å². The van der Waals surface area contributed by atoms with Crippen molar-refractivity contribution in [2.75, 3.05) is 19.3 Å². The fourth-order valence-electron chi connectivity index (χ4n) is 4.58. The van der Waals surface area contributed by atoms with E-state index in [1.807, 2.05) is 0 Å². The van der Waals surface area contributed by atoms with Crippen molar-refractivity contribution in [1.82, 2.24) is 10.2 Å². The largest absolute Gasteiger partial charge is 0.314 e. The van der Waals surface area contributed by atoms with Crippen molar-refractivity contribution < 1.29 is 0 Å². The third-order valence-corrected chi connectivity index (χ3v) is 7.38. The number of thioether (sulfide) groups is 1. The number of hydrogen-bond donors (Lipinski definition) is 1. The van der Waals surface area contributed by atoms with Crippen LogP contribution in [0, 0.1) is 0 Å². The molecule has 2 saturated heterocycles. The van der Waals surface area contributed by atoms with Gasteiger partial charge in [-0.1, -0.05) is 19.8 Å². The lowest BCUT2D eigenvalue weighted by atomic mass is 9.78. The van der Waals surface area contributed by atoms with Gasteiger partial charge in [-0.3, -0.25) is 4.90 Å². The Kier molecular flexibility index (Phi) is 4.99. The van der Waals surface area contributed by atoms with Crippen molar-refractivity contribution in [3.8, 4) is 0 Å². The van der Waals surface area contributed by atoms with Gasteiger partial charge < -0.3 is 5.32 Å². The number of nitrogens with one attached hydrogen (secondary N) is 1. The molecule has 3 aliphatic rings. The Morgan fingerprint density at radius 2 is 1.85 bits per heavy atom. The molecule has 2 heterocycles. The van der Waals surface area contributed by atoms with E-state index in [9.17, 15) is 0 Å². The molecule has 20 heavy (non-hydrogen) atoms. The molecule has 0 amide bonds. The molecule has 2 aliphatic heterocycles. The summed E-state index contributed by atoms with van der Waals surface area (Å²) in [5.74, 6) is 0. The van der Waals surface area contributed by atoms with Gasteiger partial charge in [0, 0.05) is 29.4 Å². The van der Waals surface area contributed by atoms with Crippen LogP contribution in [-0.2, 0) is 0 Å². The minimum absolute atomic E-state index is 0.623. The molecular formula is C17H32N2S. The summed E-state index contributed by atoms with van der Waals surface area (Å²) in [6, 6.07) is 2.55. The van der Waals surface area contributed by atoms with Crippen LogP contribution in [0.1, 0.15) is 64.7 Å². The van der Waals surface area contributed by atoms with E-state index in [1.54, 1.807) is 0 Å². The van der Waals surface area contributed by atoms with Gasteiger partial charge >= 0.3 is 0 Å². The van der Waals surface area contributed by atoms with Gasteiger partial charge in [0.2, 0.25) is 0 Å². The summed E-state index contributed by atoms with van der Waals surface area (Å²) < 4.78 is 0.623. The number of hydrogen-bond acceptors (Lipinski definition) is 3. The summed E-state index contributed by atoms with van der Waals surface area (Å²) in [5.41, 5.74) is 0. The molecule has 2 atom stereocenters. The summed E-state index contributed by atoms with van der Waals surface area (Å²) in [7, 11) is 0. The Balaban J connectivity index is 1.61. The lowest BCUT2D eigenvalue weighted by molar-refractivity contribution is 0.00902. The van der Waals surface area contributed by atoms with Gasteiger partial charge in [-0.25, -0.2) is 0 Å². The standard InChI is InChI=1S/C17H32N2S/c1-3-10-18-14-11-15-6-4-7-16(12-14)19(15)13-17(20-2)8-5-9-17/h14-16,18H,3-13H2,1-2H3. The number of piperidine rings is 2. The molecule has 1 aliphatic carbocycles. The highest BCUT2D eigenvalue weighted by Crippen LogP contribution is 2.46. The van der Waals surface area contributed by atoms with Gasteiger partial charge in [-0.05, 0) is 57.7 Å². The first-order valence-corrected chi connectivity index (χ1v) is 10.0. The molecule has 0 radical (unpaired) electrons. The normalized spacial score (nSPS) is 36.6. The van der Waals surface area contributed by atoms with Gasteiger partial charge in [0.1, 0.15) is 0 Å². The molecule has 3 heteroatoms. The maximum atomic E-state index is 3.79. The molecule has 3 rings (SSSR count). The van der Waals surface area contributed by atoms with Crippen LogP contribution < -0.4 is 5.32 Å². The molecule has 0 aromatic rings. The van der Waals surface area contributed by atoms with Gasteiger partial charge in [-0.2, -0.15) is 11.8 Å². The zero-order chi connectivity index (χ0) is 14.0. The maximum Gasteiger partial charge on any atom is 0.0284 e. The van der Waals surface area contributed by atoms with Crippen molar-refractivity contribution in [3.63, 3.8) is 0 Å². The first-order valence-electron chi connectivity index (χ1n) is 8.80. The van der Waals surface area contributed by atoms with E-state index in [1.165, 1.54) is 70.9 Å². The van der Waals surface area contributed by atoms with Crippen molar-refractivity contribution in [2.45, 2.75) is 87.6 Å². The van der Waals surface area contributed by atoms with Crippen molar-refractivity contribution >= 4 is 11.8 Å². The van der Waals surface area contributed by atoms with Crippen LogP contribution in [0.25, 0.3) is 0 Å². The number of rotatable bonds is 6. The van der Waals surface area contributed by atoms with E-state index in [0.717, 1.165) is 18.1 Å². The van der Waals surface area contributed by atoms with E-state index in [2.05, 4.69) is 35.2 Å². The summed E-state index contributed by atoms with van der Waals surface area (Å²) >= 11 is 2.15. The second-order valence-electron chi connectivity index (χ2n) is 7.27. The van der Waals surface area contributed by atoms with Crippen LogP contribution in [0.5, 0.6) is 0 Å². The summed E-state index contributed by atoms with van der Waals surface area (Å²) in [6.45, 7) is 4.87. The second-order valence-corrected chi connectivity index (χ2v) is 8.55. The first-order chi connectivity index (χ1) is 9.76. The van der Waals surface area contributed by atoms with Crippen LogP contribution in [0.15, 0.2) is 0 Å². The highest BCUT2D eigenvalue weighted by Gasteiger charge is 2.44. The molecule has 0 spiro atoms. The van der Waals surface area contributed by atoms with Gasteiger partial charge in [0.05, 0.1) is 0 Å². The second kappa shape index (κ2) is 6.58. The third-order valence-electron chi connectivity index (χ3n) is 5.98. The predicted octanol–water partition coefficient (Wildman–Crippen LogP) is 3.66. The molecule has 116 valence electrons. The number of nitrogens with zero attached hydrogens (tertiary/aromatic N) is 1. The topological polar surface area (TPSA) is 15.3 Å². The van der Waals surface area contributed by atoms with E-state index >= 15 is 0 Å². The third kappa shape index (κ3) is 3.05. The van der Waals surface area contributed by atoms with Crippen LogP contribution >= 0.6 is 11.8 Å². The Hall–Kier alpha value is 0.270.